The molecule has 4 heteroatoms. The van der Waals surface area contributed by atoms with Crippen LogP contribution in [0.3, 0.4) is 0 Å². The Bertz CT molecular complexity index is 238. The van der Waals surface area contributed by atoms with Crippen molar-refractivity contribution in [3.05, 3.63) is 0 Å². The average Bonchev–Trinajstić information content (AvgIpc) is 2.39. The number of carbonyl (C=O) groups is 2. The van der Waals surface area contributed by atoms with E-state index in [1.54, 1.807) is 0 Å². The highest BCUT2D eigenvalue weighted by atomic mass is 16.5. The third kappa shape index (κ3) is 13.2. The van der Waals surface area contributed by atoms with Gasteiger partial charge in [0.1, 0.15) is 0 Å². The van der Waals surface area contributed by atoms with E-state index in [0.29, 0.717) is 26.1 Å². The Balaban J connectivity index is 3.18. The minimum atomic E-state index is -0.0961. The molecule has 0 amide bonds. The van der Waals surface area contributed by atoms with Crippen molar-refractivity contribution >= 4 is 11.9 Å². The summed E-state index contributed by atoms with van der Waals surface area (Å²) in [5.74, 6) is -0.176. The van der Waals surface area contributed by atoms with Gasteiger partial charge in [-0.15, -0.1) is 0 Å². The number of unbranched alkanes of at least 4 members (excludes halogenated alkanes) is 5. The molecule has 0 saturated carbocycles. The predicted molar refractivity (Wildman–Crippen MR) is 74.8 cm³/mol. The molecule has 0 aromatic heterocycles. The van der Waals surface area contributed by atoms with E-state index in [-0.39, 0.29) is 11.9 Å². The SMILES string of the molecule is CCCOC(=O)CCCCCCCCC(=O)OCC. The third-order valence-corrected chi connectivity index (χ3v) is 2.78. The van der Waals surface area contributed by atoms with Crippen molar-refractivity contribution in [1.29, 1.82) is 0 Å². The van der Waals surface area contributed by atoms with E-state index in [2.05, 4.69) is 0 Å². The molecule has 0 aromatic rings. The van der Waals surface area contributed by atoms with E-state index in [0.717, 1.165) is 44.9 Å². The maximum atomic E-state index is 11.2. The van der Waals surface area contributed by atoms with Crippen LogP contribution in [-0.2, 0) is 19.1 Å². The average molecular weight is 272 g/mol. The van der Waals surface area contributed by atoms with Crippen LogP contribution in [0.25, 0.3) is 0 Å². The van der Waals surface area contributed by atoms with Crippen LogP contribution >= 0.6 is 0 Å². The lowest BCUT2D eigenvalue weighted by atomic mass is 10.1. The van der Waals surface area contributed by atoms with E-state index < -0.39 is 0 Å². The largest absolute Gasteiger partial charge is 0.466 e. The monoisotopic (exact) mass is 272 g/mol. The van der Waals surface area contributed by atoms with Gasteiger partial charge in [0.2, 0.25) is 0 Å². The lowest BCUT2D eigenvalue weighted by Crippen LogP contribution is -2.04. The molecule has 4 nitrogen and oxygen atoms in total. The van der Waals surface area contributed by atoms with Crippen LogP contribution in [0.15, 0.2) is 0 Å². The van der Waals surface area contributed by atoms with Crippen molar-refractivity contribution in [2.45, 2.75) is 71.6 Å². The molecule has 0 rings (SSSR count). The van der Waals surface area contributed by atoms with Crippen LogP contribution in [0.4, 0.5) is 0 Å². The predicted octanol–water partition coefficient (Wildman–Crippen LogP) is 3.62. The first kappa shape index (κ1) is 17.9. The molecule has 0 radical (unpaired) electrons. The summed E-state index contributed by atoms with van der Waals surface area (Å²) in [4.78, 5) is 22.3. The summed E-state index contributed by atoms with van der Waals surface area (Å²) in [6.07, 6.45) is 8.08. The van der Waals surface area contributed by atoms with Gasteiger partial charge in [0.05, 0.1) is 13.2 Å². The van der Waals surface area contributed by atoms with Crippen LogP contribution in [0.2, 0.25) is 0 Å². The number of ether oxygens (including phenoxy) is 2. The summed E-state index contributed by atoms with van der Waals surface area (Å²) in [5.41, 5.74) is 0. The molecule has 0 N–H and O–H groups in total. The Morgan fingerprint density at radius 1 is 0.737 bits per heavy atom. The Morgan fingerprint density at radius 2 is 1.21 bits per heavy atom. The highest BCUT2D eigenvalue weighted by Gasteiger charge is 2.02. The number of carbonyl (C=O) groups excluding carboxylic acids is 2. The van der Waals surface area contributed by atoms with Gasteiger partial charge in [-0.05, 0) is 26.2 Å². The van der Waals surface area contributed by atoms with Gasteiger partial charge < -0.3 is 9.47 Å². The van der Waals surface area contributed by atoms with Crippen molar-refractivity contribution in [2.24, 2.45) is 0 Å². The smallest absolute Gasteiger partial charge is 0.305 e. The number of rotatable bonds is 12. The Kier molecular flexibility index (Phi) is 12.6. The molecule has 0 aliphatic rings. The fraction of sp³-hybridized carbons (Fsp3) is 0.867. The van der Waals surface area contributed by atoms with Crippen molar-refractivity contribution in [1.82, 2.24) is 0 Å². The minimum absolute atomic E-state index is 0.0795. The lowest BCUT2D eigenvalue weighted by Gasteiger charge is -2.03. The topological polar surface area (TPSA) is 52.6 Å². The van der Waals surface area contributed by atoms with Crippen LogP contribution in [0.1, 0.15) is 71.6 Å². The summed E-state index contributed by atoms with van der Waals surface area (Å²) in [6.45, 7) is 4.81. The van der Waals surface area contributed by atoms with Gasteiger partial charge in [-0.2, -0.15) is 0 Å². The van der Waals surface area contributed by atoms with Gasteiger partial charge >= 0.3 is 11.9 Å². The Labute approximate surface area is 116 Å². The molecule has 0 aromatic carbocycles. The summed E-state index contributed by atoms with van der Waals surface area (Å²) < 4.78 is 9.85. The van der Waals surface area contributed by atoms with E-state index >= 15 is 0 Å². The van der Waals surface area contributed by atoms with Crippen LogP contribution in [0.5, 0.6) is 0 Å². The zero-order valence-corrected chi connectivity index (χ0v) is 12.4. The minimum Gasteiger partial charge on any atom is -0.466 e. The zero-order valence-electron chi connectivity index (χ0n) is 12.4. The highest BCUT2D eigenvalue weighted by Crippen LogP contribution is 2.09. The summed E-state index contributed by atoms with van der Waals surface area (Å²) in [7, 11) is 0. The normalized spacial score (nSPS) is 10.2. The fourth-order valence-corrected chi connectivity index (χ4v) is 1.77. The van der Waals surface area contributed by atoms with Crippen LogP contribution < -0.4 is 0 Å². The number of hydrogen-bond acceptors (Lipinski definition) is 4. The van der Waals surface area contributed by atoms with Crippen LogP contribution in [-0.4, -0.2) is 25.2 Å². The molecular weight excluding hydrogens is 244 g/mol. The molecule has 0 bridgehead atoms. The van der Waals surface area contributed by atoms with Crippen molar-refractivity contribution in [3.8, 4) is 0 Å². The van der Waals surface area contributed by atoms with Crippen molar-refractivity contribution < 1.29 is 19.1 Å². The van der Waals surface area contributed by atoms with E-state index in [1.165, 1.54) is 0 Å². The Hall–Kier alpha value is -1.06. The second-order valence-corrected chi connectivity index (χ2v) is 4.65. The standard InChI is InChI=1S/C15H28O4/c1-3-13-19-15(17)12-10-8-6-5-7-9-11-14(16)18-4-2/h3-13H2,1-2H3. The van der Waals surface area contributed by atoms with Gasteiger partial charge in [-0.1, -0.05) is 32.6 Å². The number of hydrogen-bond donors (Lipinski definition) is 0. The molecule has 0 spiro atoms. The molecule has 0 atom stereocenters. The molecule has 0 fully saturated rings. The second-order valence-electron chi connectivity index (χ2n) is 4.65. The van der Waals surface area contributed by atoms with Gasteiger partial charge in [-0.25, -0.2) is 0 Å². The quantitative estimate of drug-likeness (QED) is 0.402. The van der Waals surface area contributed by atoms with E-state index in [4.69, 9.17) is 9.47 Å². The van der Waals surface area contributed by atoms with Crippen LogP contribution in [0, 0.1) is 0 Å². The van der Waals surface area contributed by atoms with Crippen molar-refractivity contribution in [3.63, 3.8) is 0 Å². The van der Waals surface area contributed by atoms with Crippen molar-refractivity contribution in [2.75, 3.05) is 13.2 Å². The first-order chi connectivity index (χ1) is 9.20. The molecule has 0 saturated heterocycles. The summed E-state index contributed by atoms with van der Waals surface area (Å²) in [5, 5.41) is 0. The number of esters is 2. The molecule has 112 valence electrons. The first-order valence-corrected chi connectivity index (χ1v) is 7.52. The highest BCUT2D eigenvalue weighted by molar-refractivity contribution is 5.69. The van der Waals surface area contributed by atoms with E-state index in [1.807, 2.05) is 13.8 Å². The van der Waals surface area contributed by atoms with Gasteiger partial charge in [0, 0.05) is 12.8 Å². The molecule has 19 heavy (non-hydrogen) atoms. The molecule has 0 aliphatic heterocycles. The molecule has 0 heterocycles. The maximum Gasteiger partial charge on any atom is 0.305 e. The van der Waals surface area contributed by atoms with E-state index in [9.17, 15) is 9.59 Å². The molecule has 0 unspecified atom stereocenters. The zero-order chi connectivity index (χ0) is 14.3. The third-order valence-electron chi connectivity index (χ3n) is 2.78. The van der Waals surface area contributed by atoms with Gasteiger partial charge in [0.25, 0.3) is 0 Å². The summed E-state index contributed by atoms with van der Waals surface area (Å²) >= 11 is 0. The second kappa shape index (κ2) is 13.4. The molecular formula is C15H28O4. The maximum absolute atomic E-state index is 11.2. The fourth-order valence-electron chi connectivity index (χ4n) is 1.77. The molecule has 0 aliphatic carbocycles. The lowest BCUT2D eigenvalue weighted by molar-refractivity contribution is -0.144. The Morgan fingerprint density at radius 3 is 1.68 bits per heavy atom. The van der Waals surface area contributed by atoms with Gasteiger partial charge in [0.15, 0.2) is 0 Å². The summed E-state index contributed by atoms with van der Waals surface area (Å²) in [6, 6.07) is 0. The first-order valence-electron chi connectivity index (χ1n) is 7.52. The van der Waals surface area contributed by atoms with Gasteiger partial charge in [-0.3, -0.25) is 9.59 Å².